The Hall–Kier alpha value is -2.41. The molecule has 0 saturated carbocycles. The average Bonchev–Trinajstić information content (AvgIpc) is 3.37. The maximum atomic E-state index is 12.9. The first kappa shape index (κ1) is 19.4. The summed E-state index contributed by atoms with van der Waals surface area (Å²) in [5.41, 5.74) is 0.574. The molecule has 2 amide bonds. The van der Waals surface area contributed by atoms with E-state index < -0.39 is 6.04 Å². The number of benzene rings is 1. The van der Waals surface area contributed by atoms with Crippen LogP contribution < -0.4 is 10.1 Å². The van der Waals surface area contributed by atoms with Crippen molar-refractivity contribution in [2.24, 2.45) is 0 Å². The molecule has 1 aromatic heterocycles. The van der Waals surface area contributed by atoms with Gasteiger partial charge < -0.3 is 15.0 Å². The number of aromatic nitrogens is 1. The maximum Gasteiger partial charge on any atom is 0.254 e. The van der Waals surface area contributed by atoms with Crippen molar-refractivity contribution < 1.29 is 14.3 Å². The van der Waals surface area contributed by atoms with Gasteiger partial charge in [0.2, 0.25) is 5.91 Å². The van der Waals surface area contributed by atoms with Crippen LogP contribution in [0, 0.1) is 0 Å². The third kappa shape index (κ3) is 5.07. The van der Waals surface area contributed by atoms with Crippen LogP contribution in [-0.4, -0.2) is 40.9 Å². The second-order valence-corrected chi connectivity index (χ2v) is 7.46. The fraction of sp³-hybridized carbons (Fsp3) is 0.450. The fourth-order valence-corrected chi connectivity index (χ4v) is 3.69. The smallest absolute Gasteiger partial charge is 0.254 e. The number of nitrogens with zero attached hydrogens (tertiary/aromatic N) is 2. The predicted molar refractivity (Wildman–Crippen MR) is 106 cm³/mol. The van der Waals surface area contributed by atoms with Crippen molar-refractivity contribution in [3.8, 4) is 5.75 Å². The number of carbonyl (C=O) groups excluding carboxylic acids is 2. The number of hydrogen-bond donors (Lipinski definition) is 1. The van der Waals surface area contributed by atoms with Gasteiger partial charge in [-0.25, -0.2) is 4.98 Å². The Bertz CT molecular complexity index is 746. The van der Waals surface area contributed by atoms with Crippen LogP contribution >= 0.6 is 11.3 Å². The van der Waals surface area contributed by atoms with Crippen LogP contribution in [0.1, 0.15) is 49.4 Å². The van der Waals surface area contributed by atoms with Crippen molar-refractivity contribution in [1.29, 1.82) is 0 Å². The van der Waals surface area contributed by atoms with Crippen molar-refractivity contribution in [3.63, 3.8) is 0 Å². The summed E-state index contributed by atoms with van der Waals surface area (Å²) in [6.45, 7) is 3.43. The van der Waals surface area contributed by atoms with Gasteiger partial charge in [-0.3, -0.25) is 9.59 Å². The van der Waals surface area contributed by atoms with E-state index in [4.69, 9.17) is 4.74 Å². The first-order valence-electron chi connectivity index (χ1n) is 9.43. The molecule has 1 aliphatic heterocycles. The molecule has 0 radical (unpaired) electrons. The number of nitrogens with one attached hydrogen (secondary N) is 1. The zero-order valence-corrected chi connectivity index (χ0v) is 16.3. The van der Waals surface area contributed by atoms with Gasteiger partial charge in [0.1, 0.15) is 11.8 Å². The summed E-state index contributed by atoms with van der Waals surface area (Å²) in [4.78, 5) is 31.1. The summed E-state index contributed by atoms with van der Waals surface area (Å²) >= 11 is 1.37. The topological polar surface area (TPSA) is 71.5 Å². The molecule has 1 atom stereocenters. The number of thiazole rings is 1. The van der Waals surface area contributed by atoms with Gasteiger partial charge in [0.15, 0.2) is 5.13 Å². The summed E-state index contributed by atoms with van der Waals surface area (Å²) in [5, 5.41) is 5.16. The zero-order chi connectivity index (χ0) is 19.1. The highest BCUT2D eigenvalue weighted by Gasteiger charge is 2.34. The minimum Gasteiger partial charge on any atom is -0.494 e. The largest absolute Gasteiger partial charge is 0.494 e. The van der Waals surface area contributed by atoms with E-state index in [0.717, 1.165) is 31.4 Å². The maximum absolute atomic E-state index is 12.9. The van der Waals surface area contributed by atoms with E-state index in [-0.39, 0.29) is 11.8 Å². The summed E-state index contributed by atoms with van der Waals surface area (Å²) in [6, 6.07) is 6.73. The van der Waals surface area contributed by atoms with Gasteiger partial charge in [0.25, 0.3) is 5.91 Å². The number of likely N-dealkylation sites (tertiary alicyclic amines) is 1. The van der Waals surface area contributed by atoms with Gasteiger partial charge >= 0.3 is 0 Å². The number of carbonyl (C=O) groups is 2. The van der Waals surface area contributed by atoms with E-state index in [2.05, 4.69) is 17.2 Å². The van der Waals surface area contributed by atoms with E-state index >= 15 is 0 Å². The molecule has 144 valence electrons. The molecule has 1 aromatic carbocycles. The molecule has 1 aliphatic rings. The third-order valence-corrected chi connectivity index (χ3v) is 5.29. The second-order valence-electron chi connectivity index (χ2n) is 6.56. The standard InChI is InChI=1S/C20H25N3O3S/c1-2-3-4-13-26-16-9-7-15(8-10-16)19(25)23-12-5-6-17(23)18(24)22-20-21-11-14-27-20/h7-11,14,17H,2-6,12-13H2,1H3,(H,21,22,24). The highest BCUT2D eigenvalue weighted by molar-refractivity contribution is 7.13. The van der Waals surface area contributed by atoms with E-state index in [1.54, 1.807) is 28.6 Å². The molecule has 0 aliphatic carbocycles. The lowest BCUT2D eigenvalue weighted by atomic mass is 10.1. The minimum absolute atomic E-state index is 0.121. The molecule has 1 saturated heterocycles. The molecule has 0 bridgehead atoms. The number of anilines is 1. The first-order chi connectivity index (χ1) is 13.2. The van der Waals surface area contributed by atoms with Crippen molar-refractivity contribution in [3.05, 3.63) is 41.4 Å². The molecule has 7 heteroatoms. The normalized spacial score (nSPS) is 16.3. The van der Waals surface area contributed by atoms with Gasteiger partial charge in [-0.1, -0.05) is 19.8 Å². The van der Waals surface area contributed by atoms with Gasteiger partial charge in [-0.05, 0) is 43.5 Å². The number of amides is 2. The third-order valence-electron chi connectivity index (χ3n) is 4.60. The van der Waals surface area contributed by atoms with E-state index in [1.165, 1.54) is 11.3 Å². The molecule has 6 nitrogen and oxygen atoms in total. The van der Waals surface area contributed by atoms with Gasteiger partial charge in [0, 0.05) is 23.7 Å². The Morgan fingerprint density at radius 1 is 1.30 bits per heavy atom. The Labute approximate surface area is 163 Å². The molecule has 2 heterocycles. The second kappa shape index (κ2) is 9.50. The molecule has 1 N–H and O–H groups in total. The van der Waals surface area contributed by atoms with Crippen LogP contribution in [0.25, 0.3) is 0 Å². The van der Waals surface area contributed by atoms with Crippen molar-refractivity contribution in [1.82, 2.24) is 9.88 Å². The number of rotatable bonds is 8. The number of hydrogen-bond acceptors (Lipinski definition) is 5. The molecule has 0 spiro atoms. The van der Waals surface area contributed by atoms with Crippen LogP contribution in [0.3, 0.4) is 0 Å². The SMILES string of the molecule is CCCCCOc1ccc(C(=O)N2CCCC2C(=O)Nc2nccs2)cc1. The Kier molecular flexibility index (Phi) is 6.81. The van der Waals surface area contributed by atoms with E-state index in [0.29, 0.717) is 30.3 Å². The van der Waals surface area contributed by atoms with Crippen LogP contribution in [0.4, 0.5) is 5.13 Å². The number of ether oxygens (including phenoxy) is 1. The Morgan fingerprint density at radius 3 is 2.81 bits per heavy atom. The summed E-state index contributed by atoms with van der Waals surface area (Å²) in [7, 11) is 0. The number of unbranched alkanes of at least 4 members (excludes halogenated alkanes) is 2. The monoisotopic (exact) mass is 387 g/mol. The van der Waals surface area contributed by atoms with Gasteiger partial charge in [0.05, 0.1) is 6.61 Å². The Morgan fingerprint density at radius 2 is 2.11 bits per heavy atom. The lowest BCUT2D eigenvalue weighted by Gasteiger charge is -2.23. The van der Waals surface area contributed by atoms with Crippen LogP contribution in [-0.2, 0) is 4.79 Å². The van der Waals surface area contributed by atoms with Crippen molar-refractivity contribution in [2.75, 3.05) is 18.5 Å². The Balaban J connectivity index is 1.59. The minimum atomic E-state index is -0.452. The van der Waals surface area contributed by atoms with Gasteiger partial charge in [-0.15, -0.1) is 11.3 Å². The van der Waals surface area contributed by atoms with Crippen molar-refractivity contribution >= 4 is 28.3 Å². The van der Waals surface area contributed by atoms with Crippen molar-refractivity contribution in [2.45, 2.75) is 45.1 Å². The summed E-state index contributed by atoms with van der Waals surface area (Å²) in [6.07, 6.45) is 6.46. The van der Waals surface area contributed by atoms with E-state index in [9.17, 15) is 9.59 Å². The lowest BCUT2D eigenvalue weighted by molar-refractivity contribution is -0.119. The molecular weight excluding hydrogens is 362 g/mol. The molecule has 1 fully saturated rings. The highest BCUT2D eigenvalue weighted by Crippen LogP contribution is 2.23. The van der Waals surface area contributed by atoms with Crippen LogP contribution in [0.15, 0.2) is 35.8 Å². The molecular formula is C20H25N3O3S. The van der Waals surface area contributed by atoms with E-state index in [1.807, 2.05) is 12.1 Å². The van der Waals surface area contributed by atoms with Gasteiger partial charge in [-0.2, -0.15) is 0 Å². The molecule has 1 unspecified atom stereocenters. The van der Waals surface area contributed by atoms with Crippen LogP contribution in [0.2, 0.25) is 0 Å². The molecule has 2 aromatic rings. The quantitative estimate of drug-likeness (QED) is 0.696. The molecule has 27 heavy (non-hydrogen) atoms. The zero-order valence-electron chi connectivity index (χ0n) is 15.5. The fourth-order valence-electron chi connectivity index (χ4n) is 3.16. The molecule has 3 rings (SSSR count). The average molecular weight is 388 g/mol. The predicted octanol–water partition coefficient (Wildman–Crippen LogP) is 3.96. The van der Waals surface area contributed by atoms with Crippen LogP contribution in [0.5, 0.6) is 5.75 Å². The lowest BCUT2D eigenvalue weighted by Crippen LogP contribution is -2.43. The highest BCUT2D eigenvalue weighted by atomic mass is 32.1. The summed E-state index contributed by atoms with van der Waals surface area (Å²) in [5.74, 6) is 0.470. The summed E-state index contributed by atoms with van der Waals surface area (Å²) < 4.78 is 5.69. The first-order valence-corrected chi connectivity index (χ1v) is 10.3.